The van der Waals surface area contributed by atoms with Gasteiger partial charge in [0.05, 0.1) is 26.9 Å². The fraction of sp³-hybridized carbons (Fsp3) is 0.455. The lowest BCUT2D eigenvalue weighted by Crippen LogP contribution is -2.22. The highest BCUT2D eigenvalue weighted by Gasteiger charge is 2.18. The second kappa shape index (κ2) is 5.58. The molecule has 1 aromatic rings. The van der Waals surface area contributed by atoms with Crippen molar-refractivity contribution in [1.82, 2.24) is 0 Å². The molecule has 0 aromatic heterocycles. The van der Waals surface area contributed by atoms with Gasteiger partial charge in [0.1, 0.15) is 17.2 Å². The van der Waals surface area contributed by atoms with Crippen molar-refractivity contribution in [2.75, 3.05) is 27.9 Å². The van der Waals surface area contributed by atoms with Crippen LogP contribution in [0.2, 0.25) is 0 Å². The minimum Gasteiger partial charge on any atom is -0.496 e. The molecule has 90 valence electrons. The van der Waals surface area contributed by atoms with Crippen LogP contribution in [0.15, 0.2) is 12.1 Å². The summed E-state index contributed by atoms with van der Waals surface area (Å²) in [6.45, 7) is 0.319. The number of hydrogen-bond donors (Lipinski definition) is 2. The van der Waals surface area contributed by atoms with Crippen molar-refractivity contribution in [3.8, 4) is 17.2 Å². The Hall–Kier alpha value is -1.46. The number of hydrogen-bond acceptors (Lipinski definition) is 5. The van der Waals surface area contributed by atoms with Crippen LogP contribution in [0.1, 0.15) is 11.6 Å². The zero-order valence-corrected chi connectivity index (χ0v) is 9.82. The molecule has 1 rings (SSSR count). The quantitative estimate of drug-likeness (QED) is 0.771. The number of methoxy groups -OCH3 is 3. The van der Waals surface area contributed by atoms with Crippen molar-refractivity contribution >= 4 is 0 Å². The highest BCUT2D eigenvalue weighted by Crippen LogP contribution is 2.37. The van der Waals surface area contributed by atoms with Crippen LogP contribution < -0.4 is 25.7 Å². The van der Waals surface area contributed by atoms with Crippen LogP contribution in [0.5, 0.6) is 17.2 Å². The van der Waals surface area contributed by atoms with Crippen LogP contribution in [-0.4, -0.2) is 27.9 Å². The maximum absolute atomic E-state index is 5.91. The molecule has 0 amide bonds. The number of nitrogens with two attached hydrogens (primary N) is 2. The first-order valence-electron chi connectivity index (χ1n) is 4.93. The molecule has 0 saturated carbocycles. The highest BCUT2D eigenvalue weighted by atomic mass is 16.5. The van der Waals surface area contributed by atoms with Gasteiger partial charge < -0.3 is 25.7 Å². The molecule has 0 fully saturated rings. The average Bonchev–Trinajstić information content (AvgIpc) is 2.35. The third-order valence-corrected chi connectivity index (χ3v) is 2.38. The Kier molecular flexibility index (Phi) is 4.39. The van der Waals surface area contributed by atoms with E-state index in [1.807, 2.05) is 0 Å². The fourth-order valence-electron chi connectivity index (χ4n) is 1.52. The lowest BCUT2D eigenvalue weighted by molar-refractivity contribution is 0.364. The summed E-state index contributed by atoms with van der Waals surface area (Å²) in [5, 5.41) is 0. The first-order chi connectivity index (χ1) is 7.67. The summed E-state index contributed by atoms with van der Waals surface area (Å²) in [5.74, 6) is 1.89. The van der Waals surface area contributed by atoms with Crippen LogP contribution in [0.25, 0.3) is 0 Å². The summed E-state index contributed by atoms with van der Waals surface area (Å²) in [6, 6.07) is 3.19. The topological polar surface area (TPSA) is 79.7 Å². The molecule has 0 aliphatic heterocycles. The van der Waals surface area contributed by atoms with E-state index in [1.54, 1.807) is 33.5 Å². The van der Waals surface area contributed by atoms with Gasteiger partial charge in [0, 0.05) is 24.7 Å². The molecule has 5 nitrogen and oxygen atoms in total. The van der Waals surface area contributed by atoms with Crippen molar-refractivity contribution in [3.63, 3.8) is 0 Å². The van der Waals surface area contributed by atoms with E-state index < -0.39 is 0 Å². The van der Waals surface area contributed by atoms with E-state index in [-0.39, 0.29) is 6.04 Å². The second-order valence-corrected chi connectivity index (χ2v) is 3.29. The maximum Gasteiger partial charge on any atom is 0.131 e. The minimum absolute atomic E-state index is 0.319. The third kappa shape index (κ3) is 2.37. The molecule has 0 aliphatic rings. The van der Waals surface area contributed by atoms with E-state index >= 15 is 0 Å². The minimum atomic E-state index is -0.323. The van der Waals surface area contributed by atoms with Crippen LogP contribution in [0, 0.1) is 0 Å². The Morgan fingerprint density at radius 2 is 1.56 bits per heavy atom. The molecule has 0 radical (unpaired) electrons. The first-order valence-corrected chi connectivity index (χ1v) is 4.93. The van der Waals surface area contributed by atoms with Gasteiger partial charge in [0.2, 0.25) is 0 Å². The zero-order chi connectivity index (χ0) is 12.1. The van der Waals surface area contributed by atoms with E-state index in [4.69, 9.17) is 25.7 Å². The van der Waals surface area contributed by atoms with Crippen molar-refractivity contribution < 1.29 is 14.2 Å². The molecule has 16 heavy (non-hydrogen) atoms. The maximum atomic E-state index is 5.91. The van der Waals surface area contributed by atoms with Crippen LogP contribution in [-0.2, 0) is 0 Å². The van der Waals surface area contributed by atoms with Gasteiger partial charge in [-0.25, -0.2) is 0 Å². The zero-order valence-electron chi connectivity index (χ0n) is 9.82. The Bertz CT molecular complexity index is 330. The van der Waals surface area contributed by atoms with Crippen molar-refractivity contribution in [1.29, 1.82) is 0 Å². The average molecular weight is 226 g/mol. The summed E-state index contributed by atoms with van der Waals surface area (Å²) in [7, 11) is 4.72. The summed E-state index contributed by atoms with van der Waals surface area (Å²) in [4.78, 5) is 0. The Morgan fingerprint density at radius 3 is 1.88 bits per heavy atom. The van der Waals surface area contributed by atoms with Crippen LogP contribution >= 0.6 is 0 Å². The molecule has 0 bridgehead atoms. The van der Waals surface area contributed by atoms with E-state index in [9.17, 15) is 0 Å². The van der Waals surface area contributed by atoms with Gasteiger partial charge >= 0.3 is 0 Å². The number of ether oxygens (including phenoxy) is 3. The molecule has 0 spiro atoms. The van der Waals surface area contributed by atoms with E-state index in [0.717, 1.165) is 5.56 Å². The predicted octanol–water partition coefficient (Wildman–Crippen LogP) is 0.671. The van der Waals surface area contributed by atoms with Crippen molar-refractivity contribution in [3.05, 3.63) is 17.7 Å². The Morgan fingerprint density at radius 1 is 1.06 bits per heavy atom. The first kappa shape index (κ1) is 12.6. The number of rotatable bonds is 5. The Labute approximate surface area is 95.3 Å². The van der Waals surface area contributed by atoms with Gasteiger partial charge in [-0.2, -0.15) is 0 Å². The summed E-state index contributed by atoms with van der Waals surface area (Å²) >= 11 is 0. The molecule has 0 unspecified atom stereocenters. The molecule has 0 aliphatic carbocycles. The molecule has 0 heterocycles. The molecule has 0 saturated heterocycles. The van der Waals surface area contributed by atoms with E-state index in [0.29, 0.717) is 23.8 Å². The van der Waals surface area contributed by atoms with Crippen LogP contribution in [0.4, 0.5) is 0 Å². The SMILES string of the molecule is COc1cc(OC)c([C@H](N)CN)c(OC)c1. The molecular formula is C11H18N2O3. The third-order valence-electron chi connectivity index (χ3n) is 2.38. The van der Waals surface area contributed by atoms with Gasteiger partial charge in [-0.15, -0.1) is 0 Å². The lowest BCUT2D eigenvalue weighted by Gasteiger charge is -2.18. The lowest BCUT2D eigenvalue weighted by atomic mass is 10.0. The highest BCUT2D eigenvalue weighted by molar-refractivity contribution is 5.52. The molecule has 4 N–H and O–H groups in total. The molecule has 1 atom stereocenters. The summed E-state index contributed by atoms with van der Waals surface area (Å²) in [6.07, 6.45) is 0. The normalized spacial score (nSPS) is 12.1. The summed E-state index contributed by atoms with van der Waals surface area (Å²) in [5.41, 5.74) is 12.2. The van der Waals surface area contributed by atoms with Gasteiger partial charge in [0.15, 0.2) is 0 Å². The van der Waals surface area contributed by atoms with Gasteiger partial charge in [-0.3, -0.25) is 0 Å². The monoisotopic (exact) mass is 226 g/mol. The van der Waals surface area contributed by atoms with E-state index in [2.05, 4.69) is 0 Å². The smallest absolute Gasteiger partial charge is 0.131 e. The Balaban J connectivity index is 3.31. The van der Waals surface area contributed by atoms with Gasteiger partial charge in [0.25, 0.3) is 0 Å². The standard InChI is InChI=1S/C11H18N2O3/c1-14-7-4-9(15-2)11(8(13)6-12)10(5-7)16-3/h4-5,8H,6,12-13H2,1-3H3/t8-/m1/s1. The second-order valence-electron chi connectivity index (χ2n) is 3.29. The summed E-state index contributed by atoms with van der Waals surface area (Å²) < 4.78 is 15.7. The van der Waals surface area contributed by atoms with Gasteiger partial charge in [-0.1, -0.05) is 0 Å². The van der Waals surface area contributed by atoms with Gasteiger partial charge in [-0.05, 0) is 0 Å². The largest absolute Gasteiger partial charge is 0.496 e. The molecule has 1 aromatic carbocycles. The predicted molar refractivity (Wildman–Crippen MR) is 62.1 cm³/mol. The van der Waals surface area contributed by atoms with Crippen LogP contribution in [0.3, 0.4) is 0 Å². The van der Waals surface area contributed by atoms with Crippen molar-refractivity contribution in [2.24, 2.45) is 11.5 Å². The molecule has 5 heteroatoms. The number of benzene rings is 1. The van der Waals surface area contributed by atoms with E-state index in [1.165, 1.54) is 0 Å². The molecular weight excluding hydrogens is 208 g/mol. The fourth-order valence-corrected chi connectivity index (χ4v) is 1.52. The van der Waals surface area contributed by atoms with Crippen molar-refractivity contribution in [2.45, 2.75) is 6.04 Å².